The van der Waals surface area contributed by atoms with E-state index in [-0.39, 0.29) is 42.3 Å². The minimum atomic E-state index is -1.07. The summed E-state index contributed by atoms with van der Waals surface area (Å²) in [6, 6.07) is 12.6. The number of hydrogen-bond acceptors (Lipinski definition) is 8. The Morgan fingerprint density at radius 2 is 1.82 bits per heavy atom. The molecule has 2 N–H and O–H groups in total. The summed E-state index contributed by atoms with van der Waals surface area (Å²) in [5.74, 6) is -3.11. The van der Waals surface area contributed by atoms with Crippen LogP contribution in [0.5, 0.6) is 0 Å². The summed E-state index contributed by atoms with van der Waals surface area (Å²) < 4.78 is 5.43. The Balaban J connectivity index is 1.33. The largest absolute Gasteiger partial charge is 0.412 e. The highest BCUT2D eigenvalue weighted by Gasteiger charge is 2.45. The minimum absolute atomic E-state index is 0.0296. The highest BCUT2D eigenvalue weighted by Crippen LogP contribution is 2.30. The summed E-state index contributed by atoms with van der Waals surface area (Å²) in [4.78, 5) is 63.1. The van der Waals surface area contributed by atoms with Crippen molar-refractivity contribution >= 4 is 29.5 Å². The first-order valence-electron chi connectivity index (χ1n) is 10.4. The summed E-state index contributed by atoms with van der Waals surface area (Å²) >= 11 is 0. The summed E-state index contributed by atoms with van der Waals surface area (Å²) in [5.41, 5.74) is 1.29. The third kappa shape index (κ3) is 3.62. The summed E-state index contributed by atoms with van der Waals surface area (Å²) in [6.45, 7) is -0.0900. The standard InChI is InChI=1S/C23H17N5O6/c29-16-10-9-15(18(30)25-16)28-22(32)14-8-4-7-13(17(14)23(28)33)11-24-19(31)21-27-26-20(34-21)12-5-2-1-3-6-12/h1-8,15H,9-11H2,(H,24,31)(H,25,29,30). The van der Waals surface area contributed by atoms with Gasteiger partial charge in [-0.3, -0.25) is 34.2 Å². The Bertz CT molecular complexity index is 1350. The van der Waals surface area contributed by atoms with E-state index in [9.17, 15) is 24.0 Å². The number of nitrogens with zero attached hydrogens (tertiary/aromatic N) is 3. The molecule has 11 nitrogen and oxygen atoms in total. The molecule has 1 unspecified atom stereocenters. The van der Waals surface area contributed by atoms with Crippen LogP contribution in [0.2, 0.25) is 0 Å². The van der Waals surface area contributed by atoms with Crippen LogP contribution >= 0.6 is 0 Å². The average Bonchev–Trinajstić information content (AvgIpc) is 3.43. The lowest BCUT2D eigenvalue weighted by Crippen LogP contribution is -2.54. The van der Waals surface area contributed by atoms with Crippen LogP contribution in [0.15, 0.2) is 52.9 Å². The lowest BCUT2D eigenvalue weighted by atomic mass is 10.0. The maximum absolute atomic E-state index is 13.1. The van der Waals surface area contributed by atoms with Crippen LogP contribution in [0.3, 0.4) is 0 Å². The van der Waals surface area contributed by atoms with Gasteiger partial charge in [-0.05, 0) is 30.2 Å². The molecule has 0 radical (unpaired) electrons. The molecule has 2 aromatic carbocycles. The van der Waals surface area contributed by atoms with Crippen molar-refractivity contribution in [2.45, 2.75) is 25.4 Å². The quantitative estimate of drug-likeness (QED) is 0.538. The molecule has 5 rings (SSSR count). The topological polar surface area (TPSA) is 152 Å². The van der Waals surface area contributed by atoms with Gasteiger partial charge in [-0.2, -0.15) is 0 Å². The molecule has 1 saturated heterocycles. The van der Waals surface area contributed by atoms with Crippen molar-refractivity contribution < 1.29 is 28.4 Å². The molecule has 2 aliphatic heterocycles. The number of piperidine rings is 1. The number of hydrogen-bond donors (Lipinski definition) is 2. The summed E-state index contributed by atoms with van der Waals surface area (Å²) in [7, 11) is 0. The molecule has 11 heteroatoms. The first kappa shape index (κ1) is 21.2. The van der Waals surface area contributed by atoms with Crippen LogP contribution < -0.4 is 10.6 Å². The van der Waals surface area contributed by atoms with Gasteiger partial charge in [0.2, 0.25) is 17.7 Å². The zero-order valence-corrected chi connectivity index (χ0v) is 17.6. The van der Waals surface area contributed by atoms with Gasteiger partial charge in [0.15, 0.2) is 0 Å². The van der Waals surface area contributed by atoms with E-state index in [2.05, 4.69) is 20.8 Å². The first-order valence-corrected chi connectivity index (χ1v) is 10.4. The normalized spacial score (nSPS) is 17.5. The van der Waals surface area contributed by atoms with Gasteiger partial charge < -0.3 is 9.73 Å². The van der Waals surface area contributed by atoms with E-state index in [1.54, 1.807) is 36.4 Å². The third-order valence-electron chi connectivity index (χ3n) is 5.63. The number of imide groups is 2. The van der Waals surface area contributed by atoms with Gasteiger partial charge in [-0.1, -0.05) is 30.3 Å². The highest BCUT2D eigenvalue weighted by molar-refractivity contribution is 6.24. The minimum Gasteiger partial charge on any atom is -0.412 e. The van der Waals surface area contributed by atoms with E-state index in [1.807, 2.05) is 6.07 Å². The van der Waals surface area contributed by atoms with E-state index in [0.717, 1.165) is 4.90 Å². The van der Waals surface area contributed by atoms with Gasteiger partial charge in [0.05, 0.1) is 11.1 Å². The monoisotopic (exact) mass is 459 g/mol. The number of rotatable bonds is 5. The van der Waals surface area contributed by atoms with Crippen molar-refractivity contribution in [3.63, 3.8) is 0 Å². The second-order valence-corrected chi connectivity index (χ2v) is 7.75. The number of fused-ring (bicyclic) bond motifs is 1. The zero-order chi connectivity index (χ0) is 23.8. The Morgan fingerprint density at radius 3 is 2.59 bits per heavy atom. The van der Waals surface area contributed by atoms with Crippen LogP contribution in [-0.4, -0.2) is 50.7 Å². The van der Waals surface area contributed by atoms with E-state index < -0.39 is 35.6 Å². The fraction of sp³-hybridized carbons (Fsp3) is 0.174. The third-order valence-corrected chi connectivity index (χ3v) is 5.63. The predicted molar refractivity (Wildman–Crippen MR) is 114 cm³/mol. The smallest absolute Gasteiger partial charge is 0.309 e. The van der Waals surface area contributed by atoms with Crippen molar-refractivity contribution in [2.24, 2.45) is 0 Å². The van der Waals surface area contributed by atoms with E-state index >= 15 is 0 Å². The molecule has 3 heterocycles. The number of amides is 5. The van der Waals surface area contributed by atoms with Gasteiger partial charge in [0, 0.05) is 18.5 Å². The molecule has 1 fully saturated rings. The second kappa shape index (κ2) is 8.35. The van der Waals surface area contributed by atoms with Gasteiger partial charge in [0.1, 0.15) is 6.04 Å². The van der Waals surface area contributed by atoms with Crippen LogP contribution in [-0.2, 0) is 16.1 Å². The maximum Gasteiger partial charge on any atom is 0.309 e. The molecular formula is C23H17N5O6. The fourth-order valence-corrected chi connectivity index (χ4v) is 4.00. The Hall–Kier alpha value is -4.67. The summed E-state index contributed by atoms with van der Waals surface area (Å²) in [6.07, 6.45) is 0.0883. The number of aromatic nitrogens is 2. The second-order valence-electron chi connectivity index (χ2n) is 7.75. The van der Waals surface area contributed by atoms with Gasteiger partial charge in [-0.15, -0.1) is 10.2 Å². The van der Waals surface area contributed by atoms with Crippen LogP contribution in [0.4, 0.5) is 0 Å². The number of carbonyl (C=O) groups excluding carboxylic acids is 5. The molecule has 0 aliphatic carbocycles. The van der Waals surface area contributed by atoms with E-state index in [1.165, 1.54) is 6.07 Å². The molecule has 0 bridgehead atoms. The lowest BCUT2D eigenvalue weighted by molar-refractivity contribution is -0.136. The Kier molecular flexibility index (Phi) is 5.21. The van der Waals surface area contributed by atoms with Crippen LogP contribution in [0.25, 0.3) is 11.5 Å². The molecule has 2 aliphatic rings. The predicted octanol–water partition coefficient (Wildman–Crippen LogP) is 1.07. The van der Waals surface area contributed by atoms with Crippen molar-refractivity contribution in [2.75, 3.05) is 0 Å². The molecule has 34 heavy (non-hydrogen) atoms. The maximum atomic E-state index is 13.1. The molecule has 1 aromatic heterocycles. The van der Waals surface area contributed by atoms with E-state index in [0.29, 0.717) is 11.1 Å². The van der Waals surface area contributed by atoms with Gasteiger partial charge in [0.25, 0.3) is 11.8 Å². The van der Waals surface area contributed by atoms with Crippen LogP contribution in [0.1, 0.15) is 49.8 Å². The van der Waals surface area contributed by atoms with Gasteiger partial charge >= 0.3 is 11.8 Å². The van der Waals surface area contributed by atoms with Crippen molar-refractivity contribution in [1.82, 2.24) is 25.7 Å². The molecule has 1 atom stereocenters. The molecule has 0 spiro atoms. The Morgan fingerprint density at radius 1 is 1.03 bits per heavy atom. The van der Waals surface area contributed by atoms with E-state index in [4.69, 9.17) is 4.42 Å². The molecule has 0 saturated carbocycles. The number of nitrogens with one attached hydrogen (secondary N) is 2. The van der Waals surface area contributed by atoms with Crippen molar-refractivity contribution in [3.05, 3.63) is 71.1 Å². The number of carbonyl (C=O) groups is 5. The summed E-state index contributed by atoms with van der Waals surface area (Å²) in [5, 5.41) is 12.4. The molecule has 5 amide bonds. The van der Waals surface area contributed by atoms with Crippen molar-refractivity contribution in [1.29, 1.82) is 0 Å². The van der Waals surface area contributed by atoms with Gasteiger partial charge in [-0.25, -0.2) is 0 Å². The highest BCUT2D eigenvalue weighted by atomic mass is 16.4. The average molecular weight is 459 g/mol. The van der Waals surface area contributed by atoms with Crippen molar-refractivity contribution in [3.8, 4) is 11.5 Å². The molecule has 3 aromatic rings. The molecule has 170 valence electrons. The van der Waals surface area contributed by atoms with Crippen LogP contribution in [0, 0.1) is 0 Å². The number of benzene rings is 2. The lowest BCUT2D eigenvalue weighted by Gasteiger charge is -2.27. The zero-order valence-electron chi connectivity index (χ0n) is 17.6. The first-order chi connectivity index (χ1) is 16.4. The Labute approximate surface area is 192 Å². The SMILES string of the molecule is O=C1CCC(N2C(=O)c3cccc(CNC(=O)c4nnc(-c5ccccc5)o4)c3C2=O)C(=O)N1. The molecular weight excluding hydrogens is 442 g/mol. The fourth-order valence-electron chi connectivity index (χ4n) is 4.00.